The summed E-state index contributed by atoms with van der Waals surface area (Å²) < 4.78 is 0. The Morgan fingerprint density at radius 2 is 2.25 bits per heavy atom. The summed E-state index contributed by atoms with van der Waals surface area (Å²) in [7, 11) is 0. The predicted molar refractivity (Wildman–Crippen MR) is 70.4 cm³/mol. The standard InChI is InChI=1S/C15H19N/c1-4-8-14(5-2)11-10-13(3)15-9-6-7-12-16-15/h4-9,12-13H,1-2,10-11H2,3H3/b14-8+. The fourth-order valence-corrected chi connectivity index (χ4v) is 1.60. The predicted octanol–water partition coefficient (Wildman–Crippen LogP) is 4.26. The summed E-state index contributed by atoms with van der Waals surface area (Å²) in [5, 5.41) is 0. The summed E-state index contributed by atoms with van der Waals surface area (Å²) in [6.07, 6.45) is 9.67. The first-order valence-corrected chi connectivity index (χ1v) is 5.63. The van der Waals surface area contributed by atoms with Crippen molar-refractivity contribution in [3.63, 3.8) is 0 Å². The molecule has 0 N–H and O–H groups in total. The van der Waals surface area contributed by atoms with E-state index in [1.54, 1.807) is 0 Å². The molecule has 0 aromatic carbocycles. The van der Waals surface area contributed by atoms with Gasteiger partial charge in [-0.05, 0) is 36.5 Å². The van der Waals surface area contributed by atoms with Crippen molar-refractivity contribution in [2.24, 2.45) is 0 Å². The van der Waals surface area contributed by atoms with Crippen LogP contribution < -0.4 is 0 Å². The first kappa shape index (κ1) is 12.4. The van der Waals surface area contributed by atoms with Gasteiger partial charge in [-0.15, -0.1) is 0 Å². The van der Waals surface area contributed by atoms with E-state index in [0.29, 0.717) is 5.92 Å². The summed E-state index contributed by atoms with van der Waals surface area (Å²) in [6, 6.07) is 6.06. The summed E-state index contributed by atoms with van der Waals surface area (Å²) in [4.78, 5) is 4.36. The van der Waals surface area contributed by atoms with Gasteiger partial charge in [0.05, 0.1) is 0 Å². The van der Waals surface area contributed by atoms with Crippen LogP contribution in [0.15, 0.2) is 61.4 Å². The van der Waals surface area contributed by atoms with Gasteiger partial charge in [0.25, 0.3) is 0 Å². The molecule has 1 aromatic heterocycles. The number of hydrogen-bond acceptors (Lipinski definition) is 1. The molecule has 0 saturated carbocycles. The Morgan fingerprint density at radius 3 is 2.81 bits per heavy atom. The van der Waals surface area contributed by atoms with Crippen LogP contribution >= 0.6 is 0 Å². The van der Waals surface area contributed by atoms with Crippen LogP contribution in [0.25, 0.3) is 0 Å². The number of nitrogens with zero attached hydrogens (tertiary/aromatic N) is 1. The lowest BCUT2D eigenvalue weighted by molar-refractivity contribution is 0.662. The van der Waals surface area contributed by atoms with Crippen LogP contribution in [-0.2, 0) is 0 Å². The van der Waals surface area contributed by atoms with Crippen molar-refractivity contribution >= 4 is 0 Å². The average molecular weight is 213 g/mol. The van der Waals surface area contributed by atoms with Gasteiger partial charge >= 0.3 is 0 Å². The first-order chi connectivity index (χ1) is 7.77. The summed E-state index contributed by atoms with van der Waals surface area (Å²) >= 11 is 0. The van der Waals surface area contributed by atoms with Crippen molar-refractivity contribution in [1.29, 1.82) is 0 Å². The van der Waals surface area contributed by atoms with Crippen molar-refractivity contribution in [1.82, 2.24) is 4.98 Å². The van der Waals surface area contributed by atoms with E-state index in [-0.39, 0.29) is 0 Å². The van der Waals surface area contributed by atoms with Crippen LogP contribution in [0.4, 0.5) is 0 Å². The second-order valence-electron chi connectivity index (χ2n) is 3.88. The van der Waals surface area contributed by atoms with E-state index >= 15 is 0 Å². The van der Waals surface area contributed by atoms with Crippen LogP contribution in [0, 0.1) is 0 Å². The highest BCUT2D eigenvalue weighted by atomic mass is 14.7. The maximum atomic E-state index is 4.36. The smallest absolute Gasteiger partial charge is 0.0431 e. The van der Waals surface area contributed by atoms with Crippen LogP contribution in [0.3, 0.4) is 0 Å². The summed E-state index contributed by atoms with van der Waals surface area (Å²) in [6.45, 7) is 9.70. The minimum Gasteiger partial charge on any atom is -0.261 e. The fraction of sp³-hybridized carbons (Fsp3) is 0.267. The lowest BCUT2D eigenvalue weighted by Crippen LogP contribution is -1.96. The Kier molecular flexibility index (Phi) is 5.27. The topological polar surface area (TPSA) is 12.9 Å². The van der Waals surface area contributed by atoms with E-state index in [9.17, 15) is 0 Å². The van der Waals surface area contributed by atoms with Gasteiger partial charge in [-0.3, -0.25) is 4.98 Å². The van der Waals surface area contributed by atoms with Crippen LogP contribution in [0.2, 0.25) is 0 Å². The highest BCUT2D eigenvalue weighted by molar-refractivity contribution is 5.21. The van der Waals surface area contributed by atoms with Gasteiger partial charge in [0.1, 0.15) is 0 Å². The molecule has 0 fully saturated rings. The molecule has 16 heavy (non-hydrogen) atoms. The first-order valence-electron chi connectivity index (χ1n) is 5.63. The molecule has 1 nitrogen and oxygen atoms in total. The Balaban J connectivity index is 2.53. The third kappa shape index (κ3) is 3.85. The molecule has 84 valence electrons. The zero-order valence-electron chi connectivity index (χ0n) is 9.89. The van der Waals surface area contributed by atoms with Crippen LogP contribution in [-0.4, -0.2) is 4.98 Å². The second-order valence-corrected chi connectivity index (χ2v) is 3.88. The molecular formula is C15H19N. The molecule has 1 aromatic rings. The monoisotopic (exact) mass is 213 g/mol. The third-order valence-electron chi connectivity index (χ3n) is 2.65. The second kappa shape index (κ2) is 6.78. The lowest BCUT2D eigenvalue weighted by Gasteiger charge is -2.10. The van der Waals surface area contributed by atoms with Gasteiger partial charge in [-0.2, -0.15) is 0 Å². The average Bonchev–Trinajstić information content (AvgIpc) is 2.35. The van der Waals surface area contributed by atoms with Crippen LogP contribution in [0.5, 0.6) is 0 Å². The summed E-state index contributed by atoms with van der Waals surface area (Å²) in [5.74, 6) is 0.481. The molecule has 1 heterocycles. The van der Waals surface area contributed by atoms with Gasteiger partial charge in [0.15, 0.2) is 0 Å². The minimum absolute atomic E-state index is 0.481. The maximum absolute atomic E-state index is 4.36. The Labute approximate surface area is 98.2 Å². The molecule has 0 aliphatic heterocycles. The molecule has 0 saturated heterocycles. The van der Waals surface area contributed by atoms with E-state index < -0.39 is 0 Å². The number of allylic oxidation sites excluding steroid dienone is 4. The number of hydrogen-bond donors (Lipinski definition) is 0. The van der Waals surface area contributed by atoms with Gasteiger partial charge in [0.2, 0.25) is 0 Å². The molecule has 1 rings (SSSR count). The molecule has 0 amide bonds. The molecule has 0 aliphatic carbocycles. The number of aromatic nitrogens is 1. The molecule has 0 aliphatic rings. The highest BCUT2D eigenvalue weighted by Crippen LogP contribution is 2.21. The Hall–Kier alpha value is -1.63. The van der Waals surface area contributed by atoms with Gasteiger partial charge in [0, 0.05) is 11.9 Å². The normalized spacial score (nSPS) is 13.2. The van der Waals surface area contributed by atoms with Crippen molar-refractivity contribution < 1.29 is 0 Å². The maximum Gasteiger partial charge on any atom is 0.0431 e. The van der Waals surface area contributed by atoms with Crippen LogP contribution in [0.1, 0.15) is 31.4 Å². The zero-order valence-corrected chi connectivity index (χ0v) is 9.89. The van der Waals surface area contributed by atoms with Crippen molar-refractivity contribution in [2.45, 2.75) is 25.7 Å². The third-order valence-corrected chi connectivity index (χ3v) is 2.65. The molecule has 1 heteroatoms. The Morgan fingerprint density at radius 1 is 1.44 bits per heavy atom. The van der Waals surface area contributed by atoms with E-state index in [1.165, 1.54) is 5.57 Å². The van der Waals surface area contributed by atoms with Crippen molar-refractivity contribution in [3.05, 3.63) is 67.0 Å². The SMILES string of the molecule is C=C/C=C(\C=C)CCC(C)c1ccccn1. The van der Waals surface area contributed by atoms with Gasteiger partial charge < -0.3 is 0 Å². The number of rotatable bonds is 6. The van der Waals surface area contributed by atoms with E-state index in [1.807, 2.05) is 36.6 Å². The van der Waals surface area contributed by atoms with Crippen molar-refractivity contribution in [3.8, 4) is 0 Å². The molecule has 0 spiro atoms. The largest absolute Gasteiger partial charge is 0.261 e. The van der Waals surface area contributed by atoms with Crippen molar-refractivity contribution in [2.75, 3.05) is 0 Å². The van der Waals surface area contributed by atoms with Gasteiger partial charge in [-0.1, -0.05) is 44.4 Å². The van der Waals surface area contributed by atoms with E-state index in [4.69, 9.17) is 0 Å². The highest BCUT2D eigenvalue weighted by Gasteiger charge is 2.06. The summed E-state index contributed by atoms with van der Waals surface area (Å²) in [5.41, 5.74) is 2.39. The number of pyridine rings is 1. The fourth-order valence-electron chi connectivity index (χ4n) is 1.60. The molecule has 0 bridgehead atoms. The minimum atomic E-state index is 0.481. The zero-order chi connectivity index (χ0) is 11.8. The van der Waals surface area contributed by atoms with E-state index in [0.717, 1.165) is 18.5 Å². The lowest BCUT2D eigenvalue weighted by atomic mass is 9.97. The molecule has 1 unspecified atom stereocenters. The quantitative estimate of drug-likeness (QED) is 0.643. The molecule has 0 radical (unpaired) electrons. The molecular weight excluding hydrogens is 194 g/mol. The van der Waals surface area contributed by atoms with E-state index in [2.05, 4.69) is 31.1 Å². The van der Waals surface area contributed by atoms with Gasteiger partial charge in [-0.25, -0.2) is 0 Å². The molecule has 1 atom stereocenters. The Bertz CT molecular complexity index is 362.